The summed E-state index contributed by atoms with van der Waals surface area (Å²) in [5.41, 5.74) is 2.48. The van der Waals surface area contributed by atoms with Gasteiger partial charge in [0.2, 0.25) is 5.91 Å². The van der Waals surface area contributed by atoms with Crippen LogP contribution in [0.15, 0.2) is 24.3 Å². The van der Waals surface area contributed by atoms with Gasteiger partial charge in [-0.3, -0.25) is 9.59 Å². The number of nitrogens with one attached hydrogen (secondary N) is 2. The number of likely N-dealkylation sites (tertiary alicyclic amines) is 1. The van der Waals surface area contributed by atoms with Crippen LogP contribution >= 0.6 is 0 Å². The summed E-state index contributed by atoms with van der Waals surface area (Å²) in [6, 6.07) is 4.44. The third-order valence-electron chi connectivity index (χ3n) is 6.84. The van der Waals surface area contributed by atoms with Crippen molar-refractivity contribution in [2.24, 2.45) is 11.8 Å². The van der Waals surface area contributed by atoms with Gasteiger partial charge in [0.1, 0.15) is 5.82 Å². The highest BCUT2D eigenvalue weighted by Gasteiger charge is 2.30. The number of anilines is 1. The predicted octanol–water partition coefficient (Wildman–Crippen LogP) is 2.62. The zero-order valence-corrected chi connectivity index (χ0v) is 18.2. The van der Waals surface area contributed by atoms with Crippen LogP contribution in [0.2, 0.25) is 0 Å². The molecule has 0 spiro atoms. The molecule has 1 aromatic heterocycles. The molecule has 3 N–H and O–H groups in total. The average Bonchev–Trinajstić information content (AvgIpc) is 3.03. The van der Waals surface area contributed by atoms with E-state index in [1.54, 1.807) is 0 Å². The van der Waals surface area contributed by atoms with Gasteiger partial charge in [-0.2, -0.15) is 0 Å². The van der Waals surface area contributed by atoms with E-state index in [1.807, 2.05) is 4.90 Å². The van der Waals surface area contributed by atoms with Crippen LogP contribution < -0.4 is 10.6 Å². The molecule has 1 aromatic rings. The average molecular weight is 427 g/mol. The third kappa shape index (κ3) is 5.85. The number of carbonyl (C=O) groups excluding carboxylic acids is 1. The summed E-state index contributed by atoms with van der Waals surface area (Å²) in [4.78, 5) is 30.9. The van der Waals surface area contributed by atoms with Gasteiger partial charge in [-0.1, -0.05) is 18.2 Å². The van der Waals surface area contributed by atoms with Crippen molar-refractivity contribution in [3.63, 3.8) is 0 Å². The molecular weight excluding hydrogens is 392 g/mol. The normalized spacial score (nSPS) is 24.2. The first-order valence-electron chi connectivity index (χ1n) is 11.7. The Hall–Kier alpha value is -2.41. The molecule has 0 saturated carbocycles. The van der Waals surface area contributed by atoms with Gasteiger partial charge in [0.25, 0.3) is 0 Å². The lowest BCUT2D eigenvalue weighted by Gasteiger charge is -2.34. The molecule has 0 radical (unpaired) electrons. The summed E-state index contributed by atoms with van der Waals surface area (Å²) >= 11 is 0. The summed E-state index contributed by atoms with van der Waals surface area (Å²) in [6.07, 6.45) is 11.7. The van der Waals surface area contributed by atoms with E-state index in [0.29, 0.717) is 12.3 Å². The largest absolute Gasteiger partial charge is 0.480 e. The van der Waals surface area contributed by atoms with Crippen molar-refractivity contribution >= 4 is 17.7 Å². The molecule has 3 heterocycles. The summed E-state index contributed by atoms with van der Waals surface area (Å²) in [5.74, 6) is 0.932. The van der Waals surface area contributed by atoms with Gasteiger partial charge in [-0.15, -0.1) is 0 Å². The second-order valence-corrected chi connectivity index (χ2v) is 9.16. The topological polar surface area (TPSA) is 94.6 Å². The minimum absolute atomic E-state index is 0.0463. The molecule has 2 atom stereocenters. The van der Waals surface area contributed by atoms with Crippen LogP contribution in [0.4, 0.5) is 5.82 Å². The molecule has 168 valence electrons. The Bertz CT molecular complexity index is 817. The molecular formula is C24H34N4O3. The number of allylic oxidation sites excluding steroid dienone is 1. The highest BCUT2D eigenvalue weighted by atomic mass is 16.4. The van der Waals surface area contributed by atoms with Crippen LogP contribution in [0.1, 0.15) is 49.8 Å². The molecule has 1 amide bonds. The Morgan fingerprint density at radius 1 is 1.19 bits per heavy atom. The number of carboxylic acid groups (broad SMARTS) is 1. The molecule has 4 rings (SSSR count). The second-order valence-electron chi connectivity index (χ2n) is 9.16. The number of nitrogens with zero attached hydrogens (tertiary/aromatic N) is 2. The summed E-state index contributed by atoms with van der Waals surface area (Å²) < 4.78 is 0. The lowest BCUT2D eigenvalue weighted by Crippen LogP contribution is -2.44. The first-order chi connectivity index (χ1) is 15.1. The van der Waals surface area contributed by atoms with Gasteiger partial charge in [0.05, 0.1) is 6.54 Å². The van der Waals surface area contributed by atoms with Crippen molar-refractivity contribution in [1.82, 2.24) is 15.2 Å². The van der Waals surface area contributed by atoms with E-state index in [-0.39, 0.29) is 24.4 Å². The molecule has 0 unspecified atom stereocenters. The van der Waals surface area contributed by atoms with Crippen molar-refractivity contribution < 1.29 is 14.7 Å². The third-order valence-corrected chi connectivity index (χ3v) is 6.84. The van der Waals surface area contributed by atoms with Crippen LogP contribution in [0.3, 0.4) is 0 Å². The van der Waals surface area contributed by atoms with Crippen LogP contribution in [-0.2, 0) is 22.4 Å². The van der Waals surface area contributed by atoms with E-state index in [9.17, 15) is 9.59 Å². The SMILES string of the molecule is O=C(O)CN[C@@H]1CC=CC[C@H](C(=O)N2CCC(Cc3ccc4c(n3)NCCC4)CC2)C1. The zero-order chi connectivity index (χ0) is 21.6. The van der Waals surface area contributed by atoms with Crippen molar-refractivity contribution in [1.29, 1.82) is 0 Å². The van der Waals surface area contributed by atoms with Gasteiger partial charge >= 0.3 is 5.97 Å². The van der Waals surface area contributed by atoms with Gasteiger partial charge in [0.15, 0.2) is 0 Å². The number of pyridine rings is 1. The molecule has 1 saturated heterocycles. The van der Waals surface area contributed by atoms with Crippen molar-refractivity contribution in [2.75, 3.05) is 31.5 Å². The molecule has 31 heavy (non-hydrogen) atoms. The predicted molar refractivity (Wildman–Crippen MR) is 120 cm³/mol. The molecule has 0 aromatic carbocycles. The maximum atomic E-state index is 13.1. The lowest BCUT2D eigenvalue weighted by molar-refractivity contribution is -0.137. The Kier molecular flexibility index (Phi) is 7.22. The number of aliphatic carboxylic acids is 1. The smallest absolute Gasteiger partial charge is 0.317 e. The van der Waals surface area contributed by atoms with E-state index < -0.39 is 5.97 Å². The maximum absolute atomic E-state index is 13.1. The monoisotopic (exact) mass is 426 g/mol. The fourth-order valence-corrected chi connectivity index (χ4v) is 5.05. The van der Waals surface area contributed by atoms with Gasteiger partial charge < -0.3 is 20.6 Å². The number of rotatable bonds is 6. The summed E-state index contributed by atoms with van der Waals surface area (Å²) in [6.45, 7) is 2.56. The number of piperidine rings is 1. The molecule has 1 fully saturated rings. The Balaban J connectivity index is 1.27. The zero-order valence-electron chi connectivity index (χ0n) is 18.2. The quantitative estimate of drug-likeness (QED) is 0.606. The van der Waals surface area contributed by atoms with Crippen LogP contribution in [0.5, 0.6) is 0 Å². The van der Waals surface area contributed by atoms with Crippen LogP contribution in [0, 0.1) is 11.8 Å². The molecule has 1 aliphatic carbocycles. The first kappa shape index (κ1) is 21.8. The first-order valence-corrected chi connectivity index (χ1v) is 11.7. The van der Waals surface area contributed by atoms with E-state index in [2.05, 4.69) is 34.9 Å². The Labute approximate surface area is 184 Å². The molecule has 7 heteroatoms. The minimum Gasteiger partial charge on any atom is -0.480 e. The number of fused-ring (bicyclic) bond motifs is 1. The second kappa shape index (κ2) is 10.3. The van der Waals surface area contributed by atoms with E-state index in [4.69, 9.17) is 10.1 Å². The highest BCUT2D eigenvalue weighted by Crippen LogP contribution is 2.27. The number of carboxylic acids is 1. The van der Waals surface area contributed by atoms with Gasteiger partial charge in [-0.05, 0) is 68.9 Å². The number of hydrogen-bond donors (Lipinski definition) is 3. The molecule has 2 aliphatic heterocycles. The summed E-state index contributed by atoms with van der Waals surface area (Å²) in [5, 5.41) is 15.4. The fourth-order valence-electron chi connectivity index (χ4n) is 5.05. The summed E-state index contributed by atoms with van der Waals surface area (Å²) in [7, 11) is 0. The Morgan fingerprint density at radius 3 is 2.81 bits per heavy atom. The van der Waals surface area contributed by atoms with Crippen LogP contribution in [-0.4, -0.2) is 59.1 Å². The van der Waals surface area contributed by atoms with Crippen LogP contribution in [0.25, 0.3) is 0 Å². The Morgan fingerprint density at radius 2 is 2.00 bits per heavy atom. The van der Waals surface area contributed by atoms with Crippen molar-refractivity contribution in [3.05, 3.63) is 35.5 Å². The van der Waals surface area contributed by atoms with E-state index >= 15 is 0 Å². The van der Waals surface area contributed by atoms with Gasteiger partial charge in [0, 0.05) is 37.3 Å². The standard InChI is InChI=1S/C24H34N4O3/c29-22(30)16-26-20-6-2-1-4-19(15-20)24(31)28-12-9-17(10-13-28)14-21-8-7-18-5-3-11-25-23(18)27-21/h1-2,7-8,17,19-20,26H,3-6,9-16H2,(H,25,27)(H,29,30)/t19-,20+/m0/s1. The molecule has 0 bridgehead atoms. The lowest BCUT2D eigenvalue weighted by atomic mass is 9.89. The fraction of sp³-hybridized carbons (Fsp3) is 0.625. The molecule has 7 nitrogen and oxygen atoms in total. The van der Waals surface area contributed by atoms with Crippen molar-refractivity contribution in [3.8, 4) is 0 Å². The minimum atomic E-state index is -0.859. The van der Waals surface area contributed by atoms with E-state index in [1.165, 1.54) is 12.0 Å². The van der Waals surface area contributed by atoms with Crippen molar-refractivity contribution in [2.45, 2.75) is 57.4 Å². The number of amides is 1. The number of aryl methyl sites for hydroxylation is 1. The maximum Gasteiger partial charge on any atom is 0.317 e. The number of carbonyl (C=O) groups is 2. The van der Waals surface area contributed by atoms with Gasteiger partial charge in [-0.25, -0.2) is 4.98 Å². The van der Waals surface area contributed by atoms with E-state index in [0.717, 1.165) is 69.7 Å². The number of aromatic nitrogens is 1. The number of hydrogen-bond acceptors (Lipinski definition) is 5. The molecule has 3 aliphatic rings. The highest BCUT2D eigenvalue weighted by molar-refractivity contribution is 5.79.